The fraction of sp³-hybridized carbons (Fsp3) is 0.412. The second kappa shape index (κ2) is 7.57. The van der Waals surface area contributed by atoms with Crippen LogP contribution >= 0.6 is 11.3 Å². The maximum atomic E-state index is 12.0. The number of rotatable bonds is 8. The average molecular weight is 335 g/mol. The number of methoxy groups -OCH3 is 1. The number of benzene rings is 1. The van der Waals surface area contributed by atoms with E-state index >= 15 is 0 Å². The minimum Gasteiger partial charge on any atom is -0.479 e. The third-order valence-electron chi connectivity index (χ3n) is 3.73. The van der Waals surface area contributed by atoms with E-state index in [4.69, 9.17) is 4.74 Å². The number of aliphatic carboxylic acids is 1. The maximum absolute atomic E-state index is 12.0. The molecule has 0 fully saturated rings. The lowest BCUT2D eigenvalue weighted by Gasteiger charge is -2.25. The van der Waals surface area contributed by atoms with Gasteiger partial charge in [-0.3, -0.25) is 4.79 Å². The van der Waals surface area contributed by atoms with E-state index in [2.05, 4.69) is 22.8 Å². The van der Waals surface area contributed by atoms with Crippen molar-refractivity contribution in [1.29, 1.82) is 0 Å². The highest BCUT2D eigenvalue weighted by Crippen LogP contribution is 2.26. The zero-order valence-corrected chi connectivity index (χ0v) is 14.1. The molecule has 23 heavy (non-hydrogen) atoms. The van der Waals surface area contributed by atoms with Crippen LogP contribution < -0.4 is 5.32 Å². The van der Waals surface area contributed by atoms with Gasteiger partial charge in [-0.25, -0.2) is 4.79 Å². The first kappa shape index (κ1) is 17.4. The van der Waals surface area contributed by atoms with Gasteiger partial charge in [0, 0.05) is 18.2 Å². The van der Waals surface area contributed by atoms with Gasteiger partial charge in [-0.1, -0.05) is 18.2 Å². The van der Waals surface area contributed by atoms with Crippen molar-refractivity contribution >= 4 is 33.3 Å². The van der Waals surface area contributed by atoms with Crippen LogP contribution in [0.1, 0.15) is 25.3 Å². The summed E-state index contributed by atoms with van der Waals surface area (Å²) in [5.41, 5.74) is -0.155. The van der Waals surface area contributed by atoms with E-state index in [9.17, 15) is 14.7 Å². The van der Waals surface area contributed by atoms with Gasteiger partial charge in [0.25, 0.3) is 0 Å². The van der Waals surface area contributed by atoms with E-state index in [0.29, 0.717) is 6.42 Å². The summed E-state index contributed by atoms with van der Waals surface area (Å²) in [5, 5.41) is 15.1. The average Bonchev–Trinajstić information content (AvgIpc) is 2.91. The molecule has 1 aromatic carbocycles. The fourth-order valence-corrected chi connectivity index (χ4v) is 3.47. The van der Waals surface area contributed by atoms with Crippen LogP contribution in [0.4, 0.5) is 0 Å². The quantitative estimate of drug-likeness (QED) is 0.778. The van der Waals surface area contributed by atoms with Gasteiger partial charge in [0.2, 0.25) is 5.91 Å². The molecular formula is C17H21NO4S. The monoisotopic (exact) mass is 335 g/mol. The molecule has 1 amide bonds. The number of aryl methyl sites for hydroxylation is 1. The number of fused-ring (bicyclic) bond motifs is 1. The van der Waals surface area contributed by atoms with Crippen molar-refractivity contribution in [3.05, 3.63) is 35.2 Å². The minimum atomic E-state index is -1.39. The molecule has 6 heteroatoms. The molecule has 5 nitrogen and oxygen atoms in total. The second-order valence-corrected chi connectivity index (χ2v) is 6.64. The van der Waals surface area contributed by atoms with Gasteiger partial charge in [-0.2, -0.15) is 0 Å². The summed E-state index contributed by atoms with van der Waals surface area (Å²) in [5.74, 6) is -1.37. The highest BCUT2D eigenvalue weighted by atomic mass is 32.1. The molecule has 2 rings (SSSR count). The van der Waals surface area contributed by atoms with E-state index in [-0.39, 0.29) is 18.9 Å². The zero-order valence-electron chi connectivity index (χ0n) is 13.3. The maximum Gasteiger partial charge on any atom is 0.331 e. The van der Waals surface area contributed by atoms with Crippen LogP contribution in [0.5, 0.6) is 0 Å². The smallest absolute Gasteiger partial charge is 0.331 e. The zero-order chi connectivity index (χ0) is 16.9. The topological polar surface area (TPSA) is 75.6 Å². The van der Waals surface area contributed by atoms with Gasteiger partial charge in [-0.15, -0.1) is 11.3 Å². The molecule has 0 saturated heterocycles. The predicted octanol–water partition coefficient (Wildman–Crippen LogP) is 2.83. The third-order valence-corrected chi connectivity index (χ3v) is 4.74. The number of thiophene rings is 1. The molecule has 0 spiro atoms. The summed E-state index contributed by atoms with van der Waals surface area (Å²) >= 11 is 1.70. The fourth-order valence-electron chi connectivity index (χ4n) is 2.48. The number of carbonyl (C=O) groups excluding carboxylic acids is 1. The van der Waals surface area contributed by atoms with Gasteiger partial charge < -0.3 is 15.2 Å². The van der Waals surface area contributed by atoms with Crippen molar-refractivity contribution in [3.63, 3.8) is 0 Å². The lowest BCUT2D eigenvalue weighted by atomic mass is 10.0. The molecule has 1 aromatic heterocycles. The molecule has 124 valence electrons. The molecule has 2 N–H and O–H groups in total. The lowest BCUT2D eigenvalue weighted by Crippen LogP contribution is -2.55. The molecule has 0 radical (unpaired) electrons. The van der Waals surface area contributed by atoms with Crippen molar-refractivity contribution in [3.8, 4) is 0 Å². The van der Waals surface area contributed by atoms with E-state index in [1.165, 1.54) is 29.7 Å². The molecule has 0 aliphatic rings. The summed E-state index contributed by atoms with van der Waals surface area (Å²) < 4.78 is 6.13. The first-order chi connectivity index (χ1) is 11.0. The predicted molar refractivity (Wildman–Crippen MR) is 90.8 cm³/mol. The van der Waals surface area contributed by atoms with E-state index in [1.807, 2.05) is 12.1 Å². The van der Waals surface area contributed by atoms with Crippen LogP contribution in [0, 0.1) is 0 Å². The number of hydrogen-bond acceptors (Lipinski definition) is 4. The van der Waals surface area contributed by atoms with Crippen LogP contribution in [0.15, 0.2) is 29.6 Å². The van der Waals surface area contributed by atoms with Gasteiger partial charge in [0.15, 0.2) is 5.54 Å². The standard InChI is InChI=1S/C17H21NO4S/c1-17(11-22-2,16(20)21)18-15(19)9-5-6-12-10-23-14-8-4-3-7-13(12)14/h3-4,7-8,10H,5-6,9,11H2,1-2H3,(H,18,19)(H,20,21). The van der Waals surface area contributed by atoms with Crippen molar-refractivity contribution in [2.75, 3.05) is 13.7 Å². The third kappa shape index (κ3) is 4.30. The molecule has 0 bridgehead atoms. The van der Waals surface area contributed by atoms with Crippen LogP contribution in [-0.4, -0.2) is 36.2 Å². The first-order valence-corrected chi connectivity index (χ1v) is 8.32. The Morgan fingerprint density at radius 3 is 2.78 bits per heavy atom. The summed E-state index contributed by atoms with van der Waals surface area (Å²) in [6.45, 7) is 1.38. The van der Waals surface area contributed by atoms with Crippen LogP contribution in [-0.2, 0) is 20.7 Å². The Morgan fingerprint density at radius 1 is 1.35 bits per heavy atom. The Morgan fingerprint density at radius 2 is 2.09 bits per heavy atom. The number of hydrogen-bond donors (Lipinski definition) is 2. The SMILES string of the molecule is COCC(C)(NC(=O)CCCc1csc2ccccc12)C(=O)O. The van der Waals surface area contributed by atoms with E-state index < -0.39 is 11.5 Å². The second-order valence-electron chi connectivity index (χ2n) is 5.73. The number of amides is 1. The van der Waals surface area contributed by atoms with Crippen LogP contribution in [0.3, 0.4) is 0 Å². The highest BCUT2D eigenvalue weighted by Gasteiger charge is 2.34. The van der Waals surface area contributed by atoms with Gasteiger partial charge in [0.05, 0.1) is 6.61 Å². The molecule has 1 heterocycles. The highest BCUT2D eigenvalue weighted by molar-refractivity contribution is 7.17. The Hall–Kier alpha value is -1.92. The Bertz CT molecular complexity index is 697. The van der Waals surface area contributed by atoms with E-state index in [0.717, 1.165) is 6.42 Å². The summed E-state index contributed by atoms with van der Waals surface area (Å²) in [6.07, 6.45) is 1.76. The minimum absolute atomic E-state index is 0.0662. The molecule has 1 unspecified atom stereocenters. The van der Waals surface area contributed by atoms with Gasteiger partial charge >= 0.3 is 5.97 Å². The van der Waals surface area contributed by atoms with Crippen LogP contribution in [0.2, 0.25) is 0 Å². The lowest BCUT2D eigenvalue weighted by molar-refractivity contribution is -0.149. The largest absolute Gasteiger partial charge is 0.479 e. The van der Waals surface area contributed by atoms with Gasteiger partial charge in [0.1, 0.15) is 0 Å². The molecule has 1 atom stereocenters. The summed E-state index contributed by atoms with van der Waals surface area (Å²) in [6, 6.07) is 8.19. The summed E-state index contributed by atoms with van der Waals surface area (Å²) in [4.78, 5) is 23.3. The Labute approximate surface area is 139 Å². The molecular weight excluding hydrogens is 314 g/mol. The molecule has 0 saturated carbocycles. The van der Waals surface area contributed by atoms with Crippen molar-refractivity contribution in [2.45, 2.75) is 31.7 Å². The molecule has 2 aromatic rings. The number of carboxylic acid groups (broad SMARTS) is 1. The Kier molecular flexibility index (Phi) is 5.74. The number of ether oxygens (including phenoxy) is 1. The van der Waals surface area contributed by atoms with Crippen molar-refractivity contribution in [1.82, 2.24) is 5.32 Å². The van der Waals surface area contributed by atoms with Crippen LogP contribution in [0.25, 0.3) is 10.1 Å². The number of carbonyl (C=O) groups is 2. The number of carboxylic acids is 1. The van der Waals surface area contributed by atoms with E-state index in [1.54, 1.807) is 11.3 Å². The number of nitrogens with one attached hydrogen (secondary N) is 1. The first-order valence-electron chi connectivity index (χ1n) is 7.45. The summed E-state index contributed by atoms with van der Waals surface area (Å²) in [7, 11) is 1.41. The van der Waals surface area contributed by atoms with Crippen molar-refractivity contribution < 1.29 is 19.4 Å². The van der Waals surface area contributed by atoms with Gasteiger partial charge in [-0.05, 0) is 42.2 Å². The molecule has 0 aliphatic carbocycles. The normalized spacial score (nSPS) is 13.7. The Balaban J connectivity index is 1.88. The van der Waals surface area contributed by atoms with Crippen molar-refractivity contribution in [2.24, 2.45) is 0 Å². The molecule has 0 aliphatic heterocycles.